The Balaban J connectivity index is 1.28. The van der Waals surface area contributed by atoms with Crippen LogP contribution < -0.4 is 0 Å². The minimum atomic E-state index is -0.142. The fourth-order valence-corrected chi connectivity index (χ4v) is 4.98. The summed E-state index contributed by atoms with van der Waals surface area (Å²) in [5.41, 5.74) is 0.342. The number of carbonyl (C=O) groups is 1. The summed E-state index contributed by atoms with van der Waals surface area (Å²) in [7, 11) is 0. The quantitative estimate of drug-likeness (QED) is 0.823. The lowest BCUT2D eigenvalue weighted by Crippen LogP contribution is -2.55. The number of ether oxygens (including phenoxy) is 1. The maximum Gasteiger partial charge on any atom is 0.409 e. The summed E-state index contributed by atoms with van der Waals surface area (Å²) in [4.78, 5) is 20.9. The Bertz CT molecular complexity index is 659. The van der Waals surface area contributed by atoms with Gasteiger partial charge in [-0.05, 0) is 64.5 Å². The molecular weight excluding hydrogens is 332 g/mol. The zero-order valence-corrected chi connectivity index (χ0v) is 16.2. The third-order valence-electron chi connectivity index (χ3n) is 6.76. The van der Waals surface area contributed by atoms with Gasteiger partial charge in [0, 0.05) is 24.5 Å². The van der Waals surface area contributed by atoms with Crippen LogP contribution >= 0.6 is 0 Å². The van der Waals surface area contributed by atoms with Gasteiger partial charge in [-0.3, -0.25) is 0 Å². The molecule has 0 aromatic carbocycles. The smallest absolute Gasteiger partial charge is 0.409 e. The second-order valence-electron chi connectivity index (χ2n) is 8.68. The van der Waals surface area contributed by atoms with Gasteiger partial charge < -0.3 is 19.1 Å². The molecule has 144 valence electrons. The Morgan fingerprint density at radius 3 is 2.62 bits per heavy atom. The molecule has 7 nitrogen and oxygen atoms in total. The van der Waals surface area contributed by atoms with Crippen LogP contribution in [-0.4, -0.2) is 64.9 Å². The van der Waals surface area contributed by atoms with Gasteiger partial charge in [0.15, 0.2) is 5.82 Å². The van der Waals surface area contributed by atoms with Crippen molar-refractivity contribution >= 4 is 6.09 Å². The van der Waals surface area contributed by atoms with Crippen LogP contribution in [0, 0.1) is 12.3 Å². The molecule has 1 amide bonds. The predicted molar refractivity (Wildman–Crippen MR) is 95.9 cm³/mol. The van der Waals surface area contributed by atoms with E-state index >= 15 is 0 Å². The minimum absolute atomic E-state index is 0.00720. The summed E-state index contributed by atoms with van der Waals surface area (Å²) in [5, 5.41) is 3.96. The third kappa shape index (κ3) is 3.10. The van der Waals surface area contributed by atoms with Crippen molar-refractivity contribution in [3.63, 3.8) is 0 Å². The Labute approximate surface area is 155 Å². The van der Waals surface area contributed by atoms with Crippen molar-refractivity contribution in [3.8, 4) is 0 Å². The molecule has 0 atom stereocenters. The van der Waals surface area contributed by atoms with Gasteiger partial charge in [-0.25, -0.2) is 4.79 Å². The first-order valence-corrected chi connectivity index (χ1v) is 9.90. The Morgan fingerprint density at radius 2 is 2.00 bits per heavy atom. The molecule has 4 rings (SSSR count). The molecule has 1 saturated carbocycles. The molecule has 2 saturated heterocycles. The summed E-state index contributed by atoms with van der Waals surface area (Å²) < 4.78 is 10.6. The molecule has 1 spiro atoms. The molecule has 3 heterocycles. The molecule has 2 aliphatic heterocycles. The highest BCUT2D eigenvalue weighted by Gasteiger charge is 2.52. The summed E-state index contributed by atoms with van der Waals surface area (Å²) >= 11 is 0. The maximum absolute atomic E-state index is 11.9. The number of carbonyl (C=O) groups excluding carboxylic acids is 1. The molecule has 3 aliphatic rings. The molecular formula is C19H30N4O3. The molecule has 1 aliphatic carbocycles. The van der Waals surface area contributed by atoms with Crippen molar-refractivity contribution in [2.75, 3.05) is 32.8 Å². The molecule has 26 heavy (non-hydrogen) atoms. The number of likely N-dealkylation sites (tertiary alicyclic amines) is 2. The van der Waals surface area contributed by atoms with Gasteiger partial charge in [0.25, 0.3) is 0 Å². The van der Waals surface area contributed by atoms with Gasteiger partial charge in [-0.1, -0.05) is 12.1 Å². The van der Waals surface area contributed by atoms with E-state index in [1.54, 1.807) is 0 Å². The zero-order valence-electron chi connectivity index (χ0n) is 16.2. The van der Waals surface area contributed by atoms with Gasteiger partial charge in [0.2, 0.25) is 5.89 Å². The maximum atomic E-state index is 11.9. The Morgan fingerprint density at radius 1 is 1.27 bits per heavy atom. The number of amides is 1. The van der Waals surface area contributed by atoms with E-state index in [-0.39, 0.29) is 11.5 Å². The van der Waals surface area contributed by atoms with E-state index < -0.39 is 0 Å². The van der Waals surface area contributed by atoms with E-state index in [4.69, 9.17) is 9.26 Å². The molecule has 0 unspecified atom stereocenters. The predicted octanol–water partition coefficient (Wildman–Crippen LogP) is 2.74. The lowest BCUT2D eigenvalue weighted by Gasteiger charge is -2.52. The Hall–Kier alpha value is -1.63. The number of hydrogen-bond acceptors (Lipinski definition) is 6. The summed E-state index contributed by atoms with van der Waals surface area (Å²) in [6.07, 6.45) is 5.52. The fraction of sp³-hybridized carbons (Fsp3) is 0.842. The number of rotatable bonds is 3. The molecule has 3 fully saturated rings. The zero-order chi connectivity index (χ0) is 18.4. The average Bonchev–Trinajstić information content (AvgIpc) is 3.22. The minimum Gasteiger partial charge on any atom is -0.450 e. The van der Waals surface area contributed by atoms with Crippen LogP contribution in [0.3, 0.4) is 0 Å². The standard InChI is InChI=1S/C19H30N4O3/c1-4-25-17(24)23-10-7-19(13-23)11-15(12-19)22-8-5-18(3,6-9-22)16-20-14(2)21-26-16/h15H,4-13H2,1-3H3. The van der Waals surface area contributed by atoms with Crippen LogP contribution in [0.5, 0.6) is 0 Å². The topological polar surface area (TPSA) is 71.7 Å². The van der Waals surface area contributed by atoms with E-state index in [2.05, 4.69) is 22.0 Å². The van der Waals surface area contributed by atoms with E-state index in [0.717, 1.165) is 57.2 Å². The lowest BCUT2D eigenvalue weighted by atomic mass is 9.63. The van der Waals surface area contributed by atoms with Gasteiger partial charge in [-0.15, -0.1) is 0 Å². The van der Waals surface area contributed by atoms with Crippen molar-refractivity contribution in [2.45, 2.75) is 64.3 Å². The highest BCUT2D eigenvalue weighted by Crippen LogP contribution is 2.51. The number of aryl methyl sites for hydroxylation is 1. The monoisotopic (exact) mass is 362 g/mol. The van der Waals surface area contributed by atoms with Crippen LogP contribution in [0.4, 0.5) is 4.79 Å². The van der Waals surface area contributed by atoms with E-state index in [0.29, 0.717) is 18.1 Å². The van der Waals surface area contributed by atoms with E-state index in [1.165, 1.54) is 12.8 Å². The van der Waals surface area contributed by atoms with E-state index in [9.17, 15) is 4.79 Å². The van der Waals surface area contributed by atoms with Crippen molar-refractivity contribution in [3.05, 3.63) is 11.7 Å². The second-order valence-corrected chi connectivity index (χ2v) is 8.68. The molecule has 1 aromatic rings. The van der Waals surface area contributed by atoms with Crippen molar-refractivity contribution in [1.29, 1.82) is 0 Å². The number of hydrogen-bond donors (Lipinski definition) is 0. The highest BCUT2D eigenvalue weighted by atomic mass is 16.6. The van der Waals surface area contributed by atoms with Crippen LogP contribution in [0.15, 0.2) is 4.52 Å². The fourth-order valence-electron chi connectivity index (χ4n) is 4.98. The molecule has 0 bridgehead atoms. The van der Waals surface area contributed by atoms with Crippen LogP contribution in [-0.2, 0) is 10.2 Å². The molecule has 0 radical (unpaired) electrons. The first-order valence-electron chi connectivity index (χ1n) is 9.90. The summed E-state index contributed by atoms with van der Waals surface area (Å²) in [6, 6.07) is 0.658. The first-order chi connectivity index (χ1) is 12.4. The number of piperidine rings is 1. The first kappa shape index (κ1) is 17.8. The molecule has 0 N–H and O–H groups in total. The van der Waals surface area contributed by atoms with Crippen molar-refractivity contribution < 1.29 is 14.1 Å². The molecule has 7 heteroatoms. The van der Waals surface area contributed by atoms with Gasteiger partial charge >= 0.3 is 6.09 Å². The highest BCUT2D eigenvalue weighted by molar-refractivity contribution is 5.68. The van der Waals surface area contributed by atoms with E-state index in [1.807, 2.05) is 18.7 Å². The SMILES string of the molecule is CCOC(=O)N1CCC2(CC(N3CCC(C)(c4nc(C)no4)CC3)C2)C1. The van der Waals surface area contributed by atoms with Crippen LogP contribution in [0.25, 0.3) is 0 Å². The normalized spacial score (nSPS) is 31.2. The molecule has 1 aromatic heterocycles. The largest absolute Gasteiger partial charge is 0.450 e. The second kappa shape index (κ2) is 6.51. The number of nitrogens with zero attached hydrogens (tertiary/aromatic N) is 4. The third-order valence-corrected chi connectivity index (χ3v) is 6.76. The lowest BCUT2D eigenvalue weighted by molar-refractivity contribution is -0.0146. The summed E-state index contributed by atoms with van der Waals surface area (Å²) in [6.45, 7) is 10.3. The van der Waals surface area contributed by atoms with Gasteiger partial charge in [-0.2, -0.15) is 4.98 Å². The van der Waals surface area contributed by atoms with Crippen molar-refractivity contribution in [1.82, 2.24) is 19.9 Å². The van der Waals surface area contributed by atoms with Crippen LogP contribution in [0.2, 0.25) is 0 Å². The average molecular weight is 362 g/mol. The van der Waals surface area contributed by atoms with Gasteiger partial charge in [0.1, 0.15) is 0 Å². The van der Waals surface area contributed by atoms with Gasteiger partial charge in [0.05, 0.1) is 6.61 Å². The summed E-state index contributed by atoms with van der Waals surface area (Å²) in [5.74, 6) is 1.51. The van der Waals surface area contributed by atoms with Crippen molar-refractivity contribution in [2.24, 2.45) is 5.41 Å². The number of aromatic nitrogens is 2. The van der Waals surface area contributed by atoms with Crippen LogP contribution in [0.1, 0.15) is 57.7 Å². The Kier molecular flexibility index (Phi) is 4.45.